The number of nitrogens with one attached hydrogen (secondary N) is 1. The number of carbonyl (C=O) groups excluding carboxylic acids is 1. The molecular weight excluding hydrogens is 563 g/mol. The van der Waals surface area contributed by atoms with Crippen LogP contribution in [0.3, 0.4) is 0 Å². The van der Waals surface area contributed by atoms with Crippen LogP contribution in [0.1, 0.15) is 29.2 Å². The van der Waals surface area contributed by atoms with Gasteiger partial charge in [-0.2, -0.15) is 17.9 Å². The number of carboxylic acid groups (broad SMARTS) is 1. The summed E-state index contributed by atoms with van der Waals surface area (Å²) in [6, 6.07) is 9.90. The molecule has 2 unspecified atom stereocenters. The summed E-state index contributed by atoms with van der Waals surface area (Å²) in [5.41, 5.74) is -0.768. The van der Waals surface area contributed by atoms with Crippen molar-refractivity contribution in [3.63, 3.8) is 0 Å². The van der Waals surface area contributed by atoms with E-state index in [1.54, 1.807) is 29.2 Å². The number of halogens is 3. The highest BCUT2D eigenvalue weighted by atomic mass is 32.2. The molecule has 2 atom stereocenters. The minimum Gasteiger partial charge on any atom is -0.480 e. The first-order valence-corrected chi connectivity index (χ1v) is 14.0. The van der Waals surface area contributed by atoms with Crippen molar-refractivity contribution < 1.29 is 45.5 Å². The van der Waals surface area contributed by atoms with Crippen LogP contribution in [0.25, 0.3) is 10.6 Å². The zero-order chi connectivity index (χ0) is 28.0. The maximum absolute atomic E-state index is 13.1. The van der Waals surface area contributed by atoms with E-state index < -0.39 is 39.4 Å². The SMILES string of the molecule is O=C(Cc1cccc(C2CC2(NS(=O)(=O)c2ccc(-c3cc(C(F)(F)F)on3)s2)C(=O)O)c1)N1CCOCC1. The number of amides is 1. The Morgan fingerprint density at radius 2 is 1.92 bits per heavy atom. The molecule has 1 amide bonds. The number of aliphatic carboxylic acids is 1. The van der Waals surface area contributed by atoms with Gasteiger partial charge in [0.1, 0.15) is 15.4 Å². The van der Waals surface area contributed by atoms with Crippen molar-refractivity contribution in [3.8, 4) is 10.6 Å². The molecule has 2 aromatic heterocycles. The molecule has 0 radical (unpaired) electrons. The monoisotopic (exact) mass is 585 g/mol. The van der Waals surface area contributed by atoms with Crippen LogP contribution >= 0.6 is 11.3 Å². The maximum Gasteiger partial charge on any atom is 0.452 e. The van der Waals surface area contributed by atoms with E-state index in [1.165, 1.54) is 6.07 Å². The number of rotatable bonds is 8. The Balaban J connectivity index is 1.32. The number of hydrogen-bond acceptors (Lipinski definition) is 8. The number of hydrogen-bond donors (Lipinski definition) is 2. The lowest BCUT2D eigenvalue weighted by Crippen LogP contribution is -2.44. The molecule has 10 nitrogen and oxygen atoms in total. The lowest BCUT2D eigenvalue weighted by atomic mass is 10.0. The Labute approximate surface area is 224 Å². The highest BCUT2D eigenvalue weighted by molar-refractivity contribution is 7.91. The fourth-order valence-electron chi connectivity index (χ4n) is 4.49. The van der Waals surface area contributed by atoms with Crippen LogP contribution in [0.2, 0.25) is 0 Å². The first-order valence-electron chi connectivity index (χ1n) is 11.7. The average molecular weight is 586 g/mol. The molecule has 3 aromatic rings. The third-order valence-corrected chi connectivity index (χ3v) is 9.73. The van der Waals surface area contributed by atoms with Gasteiger partial charge in [-0.3, -0.25) is 9.59 Å². The molecule has 0 spiro atoms. The van der Waals surface area contributed by atoms with Crippen LogP contribution in [0, 0.1) is 0 Å². The second-order valence-corrected chi connectivity index (χ2v) is 12.2. The molecule has 208 valence electrons. The van der Waals surface area contributed by atoms with Gasteiger partial charge >= 0.3 is 12.1 Å². The number of sulfonamides is 1. The fraction of sp³-hybridized carbons (Fsp3) is 0.375. The van der Waals surface area contributed by atoms with E-state index in [-0.39, 0.29) is 33.5 Å². The molecule has 1 saturated carbocycles. The van der Waals surface area contributed by atoms with Crippen molar-refractivity contribution in [2.24, 2.45) is 0 Å². The lowest BCUT2D eigenvalue weighted by Gasteiger charge is -2.27. The van der Waals surface area contributed by atoms with Crippen molar-refractivity contribution in [2.45, 2.75) is 34.7 Å². The zero-order valence-corrected chi connectivity index (χ0v) is 21.7. The van der Waals surface area contributed by atoms with Crippen molar-refractivity contribution in [2.75, 3.05) is 26.3 Å². The van der Waals surface area contributed by atoms with Crippen LogP contribution in [-0.2, 0) is 36.9 Å². The van der Waals surface area contributed by atoms with Gasteiger partial charge in [-0.05, 0) is 29.7 Å². The summed E-state index contributed by atoms with van der Waals surface area (Å²) < 4.78 is 76.2. The predicted molar refractivity (Wildman–Crippen MR) is 130 cm³/mol. The summed E-state index contributed by atoms with van der Waals surface area (Å²) in [7, 11) is -4.36. The summed E-state index contributed by atoms with van der Waals surface area (Å²) in [5.74, 6) is -3.46. The number of thiophene rings is 1. The minimum atomic E-state index is -4.75. The normalized spacial score (nSPS) is 21.6. The first kappa shape index (κ1) is 27.3. The largest absolute Gasteiger partial charge is 0.480 e. The van der Waals surface area contributed by atoms with E-state index in [0.717, 1.165) is 6.07 Å². The van der Waals surface area contributed by atoms with E-state index in [9.17, 15) is 36.3 Å². The average Bonchev–Trinajstić information content (AvgIpc) is 3.24. The summed E-state index contributed by atoms with van der Waals surface area (Å²) in [5, 5.41) is 13.3. The molecule has 1 aliphatic heterocycles. The van der Waals surface area contributed by atoms with Gasteiger partial charge in [0.25, 0.3) is 10.0 Å². The number of nitrogens with zero attached hydrogens (tertiary/aromatic N) is 2. The third kappa shape index (κ3) is 5.57. The van der Waals surface area contributed by atoms with Gasteiger partial charge in [0, 0.05) is 25.1 Å². The molecule has 0 bridgehead atoms. The van der Waals surface area contributed by atoms with Gasteiger partial charge in [0.05, 0.1) is 24.5 Å². The van der Waals surface area contributed by atoms with E-state index in [4.69, 9.17) is 4.74 Å². The molecule has 15 heteroatoms. The number of ether oxygens (including phenoxy) is 1. The van der Waals surface area contributed by atoms with Crippen molar-refractivity contribution >= 4 is 33.2 Å². The lowest BCUT2D eigenvalue weighted by molar-refractivity contribution is -0.155. The highest BCUT2D eigenvalue weighted by Crippen LogP contribution is 2.53. The summed E-state index contributed by atoms with van der Waals surface area (Å²) in [6.45, 7) is 1.92. The van der Waals surface area contributed by atoms with Crippen LogP contribution in [0.4, 0.5) is 13.2 Å². The molecule has 3 heterocycles. The zero-order valence-electron chi connectivity index (χ0n) is 20.1. The topological polar surface area (TPSA) is 139 Å². The van der Waals surface area contributed by atoms with Gasteiger partial charge in [-0.25, -0.2) is 8.42 Å². The molecule has 2 N–H and O–H groups in total. The first-order chi connectivity index (χ1) is 18.4. The Morgan fingerprint density at radius 3 is 2.59 bits per heavy atom. The number of morpholine rings is 1. The number of benzene rings is 1. The smallest absolute Gasteiger partial charge is 0.452 e. The van der Waals surface area contributed by atoms with Crippen molar-refractivity contribution in [3.05, 3.63) is 59.4 Å². The van der Waals surface area contributed by atoms with Crippen molar-refractivity contribution in [1.29, 1.82) is 0 Å². The Kier molecular flexibility index (Phi) is 7.03. The van der Waals surface area contributed by atoms with Gasteiger partial charge in [-0.15, -0.1) is 11.3 Å². The minimum absolute atomic E-state index is 0.0150. The van der Waals surface area contributed by atoms with Crippen LogP contribution in [-0.4, -0.2) is 67.3 Å². The molecule has 5 rings (SSSR count). The maximum atomic E-state index is 13.1. The molecule has 39 heavy (non-hydrogen) atoms. The Hall–Kier alpha value is -3.27. The molecule has 1 aromatic carbocycles. The third-order valence-electron chi connectivity index (χ3n) is 6.62. The van der Waals surface area contributed by atoms with Crippen molar-refractivity contribution in [1.82, 2.24) is 14.8 Å². The molecular formula is C24H22F3N3O7S2. The molecule has 1 aliphatic carbocycles. The summed E-state index contributed by atoms with van der Waals surface area (Å²) >= 11 is 0.633. The Bertz CT molecular complexity index is 1510. The van der Waals surface area contributed by atoms with E-state index in [0.29, 0.717) is 54.8 Å². The fourth-order valence-corrected chi connectivity index (χ4v) is 7.16. The Morgan fingerprint density at radius 1 is 1.18 bits per heavy atom. The van der Waals surface area contributed by atoms with E-state index >= 15 is 0 Å². The second kappa shape index (κ2) is 10.0. The molecule has 2 fully saturated rings. The van der Waals surface area contributed by atoms with Crippen LogP contribution in [0.5, 0.6) is 0 Å². The van der Waals surface area contributed by atoms with Gasteiger partial charge < -0.3 is 19.3 Å². The number of aromatic nitrogens is 1. The van der Waals surface area contributed by atoms with Crippen LogP contribution in [0.15, 0.2) is 51.2 Å². The molecule has 2 aliphatic rings. The summed E-state index contributed by atoms with van der Waals surface area (Å²) in [4.78, 5) is 26.7. The quantitative estimate of drug-likeness (QED) is 0.411. The van der Waals surface area contributed by atoms with Crippen LogP contribution < -0.4 is 4.72 Å². The van der Waals surface area contributed by atoms with E-state index in [1.807, 2.05) is 0 Å². The molecule has 1 saturated heterocycles. The standard InChI is InChI=1S/C24H22F3N3O7S2/c25-24(26,27)19-12-17(28-37-19)18-4-5-21(38-18)39(34,35)29-23(22(32)33)13-16(23)15-3-1-2-14(10-15)11-20(31)30-6-8-36-9-7-30/h1-5,10,12,16,29H,6-9,11,13H2,(H,32,33). The van der Waals surface area contributed by atoms with Gasteiger partial charge in [-0.1, -0.05) is 29.4 Å². The highest BCUT2D eigenvalue weighted by Gasteiger charge is 2.63. The number of alkyl halides is 3. The van der Waals surface area contributed by atoms with Gasteiger partial charge in [0.15, 0.2) is 0 Å². The summed E-state index contributed by atoms with van der Waals surface area (Å²) in [6.07, 6.45) is -4.65. The second-order valence-electron chi connectivity index (χ2n) is 9.25. The predicted octanol–water partition coefficient (Wildman–Crippen LogP) is 3.11. The number of carboxylic acids is 1. The van der Waals surface area contributed by atoms with Gasteiger partial charge in [0.2, 0.25) is 11.7 Å². The van der Waals surface area contributed by atoms with E-state index in [2.05, 4.69) is 14.4 Å². The number of carbonyl (C=O) groups is 2.